The summed E-state index contributed by atoms with van der Waals surface area (Å²) in [5.74, 6) is 1.70. The van der Waals surface area contributed by atoms with Crippen LogP contribution in [0, 0.1) is 11.8 Å². The van der Waals surface area contributed by atoms with Crippen molar-refractivity contribution in [1.82, 2.24) is 5.32 Å². The van der Waals surface area contributed by atoms with Crippen LogP contribution in [0.15, 0.2) is 0 Å². The van der Waals surface area contributed by atoms with Crippen molar-refractivity contribution in [3.8, 4) is 0 Å². The van der Waals surface area contributed by atoms with Crippen LogP contribution >= 0.6 is 0 Å². The van der Waals surface area contributed by atoms with Gasteiger partial charge < -0.3 is 10.4 Å². The summed E-state index contributed by atoms with van der Waals surface area (Å²) in [6, 6.07) is 0.660. The van der Waals surface area contributed by atoms with Crippen molar-refractivity contribution in [1.29, 1.82) is 0 Å². The van der Waals surface area contributed by atoms with Crippen molar-refractivity contribution < 1.29 is 5.11 Å². The third-order valence-corrected chi connectivity index (χ3v) is 4.98. The lowest BCUT2D eigenvalue weighted by Crippen LogP contribution is -2.36. The summed E-state index contributed by atoms with van der Waals surface area (Å²) in [6.07, 6.45) is 13.1. The lowest BCUT2D eigenvalue weighted by Gasteiger charge is -2.21. The molecule has 3 atom stereocenters. The smallest absolute Gasteiger partial charge is 0.0667 e. The van der Waals surface area contributed by atoms with Crippen molar-refractivity contribution in [2.24, 2.45) is 11.8 Å². The fraction of sp³-hybridized carbons (Fsp3) is 1.00. The summed E-state index contributed by atoms with van der Waals surface area (Å²) in [6.45, 7) is 3.19. The van der Waals surface area contributed by atoms with E-state index in [0.717, 1.165) is 24.8 Å². The van der Waals surface area contributed by atoms with Crippen molar-refractivity contribution >= 4 is 0 Å². The van der Waals surface area contributed by atoms with E-state index in [0.29, 0.717) is 6.04 Å². The molecule has 0 aliphatic heterocycles. The molecule has 2 aliphatic rings. The van der Waals surface area contributed by atoms with Crippen LogP contribution in [0.2, 0.25) is 0 Å². The highest BCUT2D eigenvalue weighted by Gasteiger charge is 2.20. The van der Waals surface area contributed by atoms with Gasteiger partial charge in [0.2, 0.25) is 0 Å². The Kier molecular flexibility index (Phi) is 5.97. The summed E-state index contributed by atoms with van der Waals surface area (Å²) in [4.78, 5) is 0. The minimum atomic E-state index is -0.117. The zero-order chi connectivity index (χ0) is 12.8. The van der Waals surface area contributed by atoms with E-state index in [4.69, 9.17) is 0 Å². The predicted octanol–water partition coefficient (Wildman–Crippen LogP) is 3.49. The number of hydrogen-bond acceptors (Lipinski definition) is 2. The minimum absolute atomic E-state index is 0.117. The molecular weight excluding hydrogens is 222 g/mol. The van der Waals surface area contributed by atoms with Crippen LogP contribution in [0.5, 0.6) is 0 Å². The van der Waals surface area contributed by atoms with Gasteiger partial charge in [-0.25, -0.2) is 0 Å². The van der Waals surface area contributed by atoms with E-state index in [1.54, 1.807) is 0 Å². The van der Waals surface area contributed by atoms with Gasteiger partial charge in [0, 0.05) is 12.6 Å². The SMILES string of the molecule is CC1CCCC(NCC(O)CC2CCCC2)CC1. The van der Waals surface area contributed by atoms with E-state index in [1.807, 2.05) is 0 Å². The van der Waals surface area contributed by atoms with E-state index >= 15 is 0 Å². The fourth-order valence-corrected chi connectivity index (χ4v) is 3.71. The number of aliphatic hydroxyl groups excluding tert-OH is 1. The molecule has 2 rings (SSSR count). The van der Waals surface area contributed by atoms with Gasteiger partial charge in [0.25, 0.3) is 0 Å². The summed E-state index contributed by atoms with van der Waals surface area (Å²) >= 11 is 0. The summed E-state index contributed by atoms with van der Waals surface area (Å²) in [5, 5.41) is 13.7. The molecule has 0 aromatic heterocycles. The summed E-state index contributed by atoms with van der Waals surface area (Å²) < 4.78 is 0. The Balaban J connectivity index is 1.60. The molecule has 0 spiro atoms. The molecule has 0 bridgehead atoms. The molecule has 2 aliphatic carbocycles. The second kappa shape index (κ2) is 7.49. The average Bonchev–Trinajstić information content (AvgIpc) is 2.76. The van der Waals surface area contributed by atoms with Crippen molar-refractivity contribution in [2.75, 3.05) is 6.54 Å². The highest BCUT2D eigenvalue weighted by atomic mass is 16.3. The Morgan fingerprint density at radius 3 is 2.56 bits per heavy atom. The van der Waals surface area contributed by atoms with Gasteiger partial charge in [-0.2, -0.15) is 0 Å². The summed E-state index contributed by atoms with van der Waals surface area (Å²) in [5.41, 5.74) is 0. The first-order chi connectivity index (χ1) is 8.74. The van der Waals surface area contributed by atoms with Gasteiger partial charge in [-0.15, -0.1) is 0 Å². The third-order valence-electron chi connectivity index (χ3n) is 4.98. The molecule has 18 heavy (non-hydrogen) atoms. The van der Waals surface area contributed by atoms with Crippen molar-refractivity contribution in [2.45, 2.75) is 83.3 Å². The van der Waals surface area contributed by atoms with Crippen LogP contribution in [-0.2, 0) is 0 Å². The molecule has 0 saturated heterocycles. The number of rotatable bonds is 5. The van der Waals surface area contributed by atoms with Crippen molar-refractivity contribution in [3.63, 3.8) is 0 Å². The highest BCUT2D eigenvalue weighted by molar-refractivity contribution is 4.77. The molecule has 0 aromatic carbocycles. The molecule has 2 fully saturated rings. The molecule has 2 nitrogen and oxygen atoms in total. The van der Waals surface area contributed by atoms with Gasteiger partial charge in [0.1, 0.15) is 0 Å². The Morgan fingerprint density at radius 1 is 1.00 bits per heavy atom. The first kappa shape index (κ1) is 14.3. The molecule has 0 amide bonds. The largest absolute Gasteiger partial charge is 0.392 e. The molecule has 2 N–H and O–H groups in total. The monoisotopic (exact) mass is 253 g/mol. The van der Waals surface area contributed by atoms with Gasteiger partial charge in [0.05, 0.1) is 6.10 Å². The minimum Gasteiger partial charge on any atom is -0.392 e. The topological polar surface area (TPSA) is 32.3 Å². The first-order valence-electron chi connectivity index (χ1n) is 8.15. The lowest BCUT2D eigenvalue weighted by atomic mass is 9.99. The summed E-state index contributed by atoms with van der Waals surface area (Å²) in [7, 11) is 0. The van der Waals surface area contributed by atoms with Crippen LogP contribution in [0.4, 0.5) is 0 Å². The van der Waals surface area contributed by atoms with Gasteiger partial charge in [-0.3, -0.25) is 0 Å². The zero-order valence-electron chi connectivity index (χ0n) is 12.0. The standard InChI is InChI=1S/C16H31NO/c1-13-5-4-8-15(10-9-13)17-12-16(18)11-14-6-2-3-7-14/h13-18H,2-12H2,1H3. The van der Waals surface area contributed by atoms with E-state index in [-0.39, 0.29) is 6.10 Å². The second-order valence-electron chi connectivity index (χ2n) is 6.76. The molecule has 2 heteroatoms. The van der Waals surface area contributed by atoms with Crippen LogP contribution < -0.4 is 5.32 Å². The van der Waals surface area contributed by atoms with E-state index < -0.39 is 0 Å². The normalized spacial score (nSPS) is 32.3. The fourth-order valence-electron chi connectivity index (χ4n) is 3.71. The maximum absolute atomic E-state index is 10.1. The Labute approximate surface area is 113 Å². The first-order valence-corrected chi connectivity index (χ1v) is 8.15. The second-order valence-corrected chi connectivity index (χ2v) is 6.76. The van der Waals surface area contributed by atoms with E-state index in [9.17, 15) is 5.11 Å². The number of nitrogens with one attached hydrogen (secondary N) is 1. The number of hydrogen-bond donors (Lipinski definition) is 2. The van der Waals surface area contributed by atoms with Crippen LogP contribution in [0.1, 0.15) is 71.1 Å². The highest BCUT2D eigenvalue weighted by Crippen LogP contribution is 2.28. The maximum atomic E-state index is 10.1. The van der Waals surface area contributed by atoms with Gasteiger partial charge in [-0.1, -0.05) is 45.4 Å². The average molecular weight is 253 g/mol. The van der Waals surface area contributed by atoms with Crippen molar-refractivity contribution in [3.05, 3.63) is 0 Å². The predicted molar refractivity (Wildman–Crippen MR) is 76.6 cm³/mol. The molecule has 2 saturated carbocycles. The maximum Gasteiger partial charge on any atom is 0.0667 e. The van der Waals surface area contributed by atoms with E-state index in [1.165, 1.54) is 57.8 Å². The number of aliphatic hydroxyl groups is 1. The Hall–Kier alpha value is -0.0800. The van der Waals surface area contributed by atoms with Gasteiger partial charge in [0.15, 0.2) is 0 Å². The third kappa shape index (κ3) is 4.89. The lowest BCUT2D eigenvalue weighted by molar-refractivity contribution is 0.136. The molecule has 106 valence electrons. The van der Waals surface area contributed by atoms with E-state index in [2.05, 4.69) is 12.2 Å². The molecule has 0 heterocycles. The zero-order valence-corrected chi connectivity index (χ0v) is 12.0. The quantitative estimate of drug-likeness (QED) is 0.735. The van der Waals surface area contributed by atoms with Crippen LogP contribution in [0.3, 0.4) is 0 Å². The van der Waals surface area contributed by atoms with Crippen LogP contribution in [-0.4, -0.2) is 23.8 Å². The molecule has 3 unspecified atom stereocenters. The Morgan fingerprint density at radius 2 is 1.78 bits per heavy atom. The van der Waals surface area contributed by atoms with Gasteiger partial charge in [-0.05, 0) is 37.5 Å². The Bertz CT molecular complexity index is 225. The molecule has 0 aromatic rings. The molecular formula is C16H31NO. The molecule has 0 radical (unpaired) electrons. The van der Waals surface area contributed by atoms with Crippen LogP contribution in [0.25, 0.3) is 0 Å². The van der Waals surface area contributed by atoms with Gasteiger partial charge >= 0.3 is 0 Å².